The number of anilines is 2. The topological polar surface area (TPSA) is 76.5 Å². The first-order valence-corrected chi connectivity index (χ1v) is 8.10. The Morgan fingerprint density at radius 2 is 2.05 bits per heavy atom. The molecule has 1 aliphatic rings. The van der Waals surface area contributed by atoms with E-state index in [9.17, 15) is 0 Å². The van der Waals surface area contributed by atoms with Crippen molar-refractivity contribution in [2.45, 2.75) is 25.9 Å². The predicted molar refractivity (Wildman–Crippen MR) is 89.1 cm³/mol. The minimum atomic E-state index is 0.227. The van der Waals surface area contributed by atoms with Crippen molar-refractivity contribution in [3.8, 4) is 0 Å². The highest BCUT2D eigenvalue weighted by Crippen LogP contribution is 2.17. The van der Waals surface area contributed by atoms with Crippen LogP contribution in [0.1, 0.15) is 19.8 Å². The molecule has 1 aromatic heterocycles. The van der Waals surface area contributed by atoms with Crippen LogP contribution in [-0.4, -0.2) is 72.5 Å². The van der Waals surface area contributed by atoms with Crippen LogP contribution in [0, 0.1) is 0 Å². The van der Waals surface area contributed by atoms with Gasteiger partial charge in [0.25, 0.3) is 0 Å². The summed E-state index contributed by atoms with van der Waals surface area (Å²) in [6, 6.07) is 2.02. The molecule has 0 saturated carbocycles. The van der Waals surface area contributed by atoms with Gasteiger partial charge in [-0.15, -0.1) is 0 Å². The molecule has 22 heavy (non-hydrogen) atoms. The van der Waals surface area contributed by atoms with Crippen molar-refractivity contribution >= 4 is 11.6 Å². The molecule has 7 heteroatoms. The molecule has 0 radical (unpaired) electrons. The fraction of sp³-hybridized carbons (Fsp3) is 0.733. The van der Waals surface area contributed by atoms with Gasteiger partial charge in [-0.2, -0.15) is 0 Å². The van der Waals surface area contributed by atoms with Gasteiger partial charge in [-0.3, -0.25) is 4.90 Å². The van der Waals surface area contributed by atoms with E-state index in [2.05, 4.69) is 37.3 Å². The standard InChI is InChI=1S/C15H28N6O/c1-3-4-13(16-2)19-14-11-15(18-12-17-14)21-7-5-20(6-8-21)9-10-22/h11-13,16,22H,3-10H2,1-2H3,(H,17,18,19). The number of piperazine rings is 1. The molecular weight excluding hydrogens is 280 g/mol. The number of hydrogen-bond acceptors (Lipinski definition) is 7. The lowest BCUT2D eigenvalue weighted by atomic mass is 10.2. The van der Waals surface area contributed by atoms with E-state index in [1.54, 1.807) is 6.33 Å². The second kappa shape index (κ2) is 8.87. The monoisotopic (exact) mass is 308 g/mol. The summed E-state index contributed by atoms with van der Waals surface area (Å²) in [5.74, 6) is 1.82. The molecule has 1 atom stereocenters. The van der Waals surface area contributed by atoms with E-state index in [0.29, 0.717) is 0 Å². The van der Waals surface area contributed by atoms with Gasteiger partial charge in [0.1, 0.15) is 18.0 Å². The van der Waals surface area contributed by atoms with E-state index in [1.165, 1.54) is 0 Å². The van der Waals surface area contributed by atoms with Crippen molar-refractivity contribution in [2.24, 2.45) is 0 Å². The Morgan fingerprint density at radius 1 is 1.27 bits per heavy atom. The molecule has 124 valence electrons. The van der Waals surface area contributed by atoms with Gasteiger partial charge >= 0.3 is 0 Å². The maximum absolute atomic E-state index is 9.00. The second-order valence-electron chi connectivity index (χ2n) is 5.59. The molecule has 1 fully saturated rings. The van der Waals surface area contributed by atoms with Gasteiger partial charge < -0.3 is 20.6 Å². The molecule has 7 nitrogen and oxygen atoms in total. The molecular formula is C15H28N6O. The summed E-state index contributed by atoms with van der Waals surface area (Å²) < 4.78 is 0. The second-order valence-corrected chi connectivity index (χ2v) is 5.59. The first-order valence-electron chi connectivity index (χ1n) is 8.10. The number of β-amino-alcohol motifs (C(OH)–C–C–N with tert-alkyl or cyclic N) is 1. The third kappa shape index (κ3) is 4.79. The van der Waals surface area contributed by atoms with Crippen LogP contribution in [0.2, 0.25) is 0 Å². The lowest BCUT2D eigenvalue weighted by Crippen LogP contribution is -2.47. The largest absolute Gasteiger partial charge is 0.395 e. The van der Waals surface area contributed by atoms with Crippen LogP contribution in [-0.2, 0) is 0 Å². The van der Waals surface area contributed by atoms with Crippen LogP contribution < -0.4 is 15.5 Å². The molecule has 0 aromatic carbocycles. The molecule has 1 unspecified atom stereocenters. The smallest absolute Gasteiger partial charge is 0.134 e. The summed E-state index contributed by atoms with van der Waals surface area (Å²) in [7, 11) is 1.95. The van der Waals surface area contributed by atoms with Crippen LogP contribution in [0.5, 0.6) is 0 Å². The summed E-state index contributed by atoms with van der Waals surface area (Å²) in [5, 5.41) is 15.7. The molecule has 1 saturated heterocycles. The van der Waals surface area contributed by atoms with Crippen molar-refractivity contribution in [3.63, 3.8) is 0 Å². The van der Waals surface area contributed by atoms with Gasteiger partial charge in [-0.1, -0.05) is 13.3 Å². The highest BCUT2D eigenvalue weighted by atomic mass is 16.3. The summed E-state index contributed by atoms with van der Waals surface area (Å²) >= 11 is 0. The van der Waals surface area contributed by atoms with E-state index in [0.717, 1.165) is 57.2 Å². The Labute approximate surface area is 132 Å². The molecule has 3 N–H and O–H groups in total. The summed E-state index contributed by atoms with van der Waals surface area (Å²) in [6.07, 6.45) is 4.02. The average Bonchev–Trinajstić information content (AvgIpc) is 2.56. The number of nitrogens with zero attached hydrogens (tertiary/aromatic N) is 4. The van der Waals surface area contributed by atoms with E-state index >= 15 is 0 Å². The highest BCUT2D eigenvalue weighted by Gasteiger charge is 2.18. The zero-order chi connectivity index (χ0) is 15.8. The lowest BCUT2D eigenvalue weighted by Gasteiger charge is -2.35. The van der Waals surface area contributed by atoms with Crippen molar-refractivity contribution in [1.29, 1.82) is 0 Å². The third-order valence-corrected chi connectivity index (χ3v) is 4.01. The van der Waals surface area contributed by atoms with Crippen LogP contribution in [0.25, 0.3) is 0 Å². The van der Waals surface area contributed by atoms with Crippen molar-refractivity contribution in [1.82, 2.24) is 20.2 Å². The first kappa shape index (κ1) is 16.9. The minimum Gasteiger partial charge on any atom is -0.395 e. The zero-order valence-electron chi connectivity index (χ0n) is 13.6. The average molecular weight is 308 g/mol. The van der Waals surface area contributed by atoms with Crippen molar-refractivity contribution < 1.29 is 5.11 Å². The Kier molecular flexibility index (Phi) is 6.82. The lowest BCUT2D eigenvalue weighted by molar-refractivity contribution is 0.188. The number of rotatable bonds is 8. The minimum absolute atomic E-state index is 0.227. The van der Waals surface area contributed by atoms with Gasteiger partial charge in [0.15, 0.2) is 0 Å². The zero-order valence-corrected chi connectivity index (χ0v) is 13.6. The van der Waals surface area contributed by atoms with E-state index in [4.69, 9.17) is 5.11 Å². The number of aliphatic hydroxyl groups is 1. The maximum atomic E-state index is 9.00. The predicted octanol–water partition coefficient (Wildman–Crippen LogP) is 0.348. The number of hydrogen-bond donors (Lipinski definition) is 3. The summed E-state index contributed by atoms with van der Waals surface area (Å²) in [6.45, 7) is 6.94. The Bertz CT molecular complexity index is 436. The Balaban J connectivity index is 1.94. The molecule has 0 bridgehead atoms. The van der Waals surface area contributed by atoms with Gasteiger partial charge in [0.05, 0.1) is 12.8 Å². The third-order valence-electron chi connectivity index (χ3n) is 4.01. The van der Waals surface area contributed by atoms with Gasteiger partial charge in [0, 0.05) is 38.8 Å². The van der Waals surface area contributed by atoms with E-state index in [1.807, 2.05) is 13.1 Å². The molecule has 0 amide bonds. The molecule has 1 aromatic rings. The van der Waals surface area contributed by atoms with E-state index < -0.39 is 0 Å². The first-order chi connectivity index (χ1) is 10.8. The Hall–Kier alpha value is -1.44. The normalized spacial score (nSPS) is 17.5. The van der Waals surface area contributed by atoms with Crippen molar-refractivity contribution in [2.75, 3.05) is 56.6 Å². The number of nitrogens with one attached hydrogen (secondary N) is 2. The summed E-state index contributed by atoms with van der Waals surface area (Å²) in [4.78, 5) is 13.3. The molecule has 0 spiro atoms. The fourth-order valence-corrected chi connectivity index (χ4v) is 2.70. The molecule has 1 aliphatic heterocycles. The van der Waals surface area contributed by atoms with E-state index in [-0.39, 0.29) is 12.8 Å². The summed E-state index contributed by atoms with van der Waals surface area (Å²) in [5.41, 5.74) is 0. The molecule has 0 aliphatic carbocycles. The maximum Gasteiger partial charge on any atom is 0.134 e. The molecule has 2 rings (SSSR count). The molecule has 2 heterocycles. The van der Waals surface area contributed by atoms with Crippen LogP contribution >= 0.6 is 0 Å². The van der Waals surface area contributed by atoms with Crippen LogP contribution in [0.15, 0.2) is 12.4 Å². The van der Waals surface area contributed by atoms with Gasteiger partial charge in [-0.25, -0.2) is 9.97 Å². The highest BCUT2D eigenvalue weighted by molar-refractivity contribution is 5.49. The van der Waals surface area contributed by atoms with Gasteiger partial charge in [0.2, 0.25) is 0 Å². The fourth-order valence-electron chi connectivity index (χ4n) is 2.70. The SMILES string of the molecule is CCCC(NC)Nc1cc(N2CCN(CCO)CC2)ncn1. The Morgan fingerprint density at radius 3 is 2.68 bits per heavy atom. The number of aromatic nitrogens is 2. The van der Waals surface area contributed by atoms with Crippen LogP contribution in [0.4, 0.5) is 11.6 Å². The quantitative estimate of drug-likeness (QED) is 0.598. The van der Waals surface area contributed by atoms with Crippen molar-refractivity contribution in [3.05, 3.63) is 12.4 Å². The van der Waals surface area contributed by atoms with Crippen LogP contribution in [0.3, 0.4) is 0 Å². The van der Waals surface area contributed by atoms with Gasteiger partial charge in [-0.05, 0) is 13.5 Å². The number of aliphatic hydroxyl groups excluding tert-OH is 1.